The monoisotopic (exact) mass is 298 g/mol. The van der Waals surface area contributed by atoms with Crippen LogP contribution >= 0.6 is 11.6 Å². The summed E-state index contributed by atoms with van der Waals surface area (Å²) in [6, 6.07) is 5.74. The highest BCUT2D eigenvalue weighted by Gasteiger charge is 2.20. The smallest absolute Gasteiger partial charge is 0.221 e. The maximum Gasteiger partial charge on any atom is 0.221 e. The van der Waals surface area contributed by atoms with E-state index in [9.17, 15) is 4.79 Å². The van der Waals surface area contributed by atoms with Gasteiger partial charge in [-0.05, 0) is 45.4 Å². The number of amides is 1. The molecule has 0 saturated carbocycles. The molecule has 0 aliphatic heterocycles. The van der Waals surface area contributed by atoms with Gasteiger partial charge in [-0.3, -0.25) is 4.79 Å². The van der Waals surface area contributed by atoms with Gasteiger partial charge in [-0.2, -0.15) is 0 Å². The summed E-state index contributed by atoms with van der Waals surface area (Å²) in [4.78, 5) is 11.0. The standard InChI is InChI=1S/C15H23ClN2O2/c1-10(9-15(3,4)20-5)17-12-6-7-14(13(16)8-12)18-11(2)19/h6-8,10,17H,9H2,1-5H3,(H,18,19). The fourth-order valence-electron chi connectivity index (χ4n) is 2.05. The van der Waals surface area contributed by atoms with Crippen molar-refractivity contribution in [3.63, 3.8) is 0 Å². The zero-order chi connectivity index (χ0) is 15.3. The predicted octanol–water partition coefficient (Wildman–Crippen LogP) is 3.91. The number of benzene rings is 1. The van der Waals surface area contributed by atoms with Gasteiger partial charge in [-0.1, -0.05) is 11.6 Å². The number of ether oxygens (including phenoxy) is 1. The predicted molar refractivity (Wildman–Crippen MR) is 84.5 cm³/mol. The van der Waals surface area contributed by atoms with E-state index in [0.717, 1.165) is 12.1 Å². The van der Waals surface area contributed by atoms with Gasteiger partial charge in [0.1, 0.15) is 0 Å². The molecular weight excluding hydrogens is 276 g/mol. The van der Waals surface area contributed by atoms with Gasteiger partial charge in [0, 0.05) is 25.8 Å². The van der Waals surface area contributed by atoms with Gasteiger partial charge in [0.25, 0.3) is 0 Å². The molecule has 0 bridgehead atoms. The summed E-state index contributed by atoms with van der Waals surface area (Å²) >= 11 is 6.14. The number of halogens is 1. The Kier molecular flexibility index (Phi) is 5.84. The molecule has 112 valence electrons. The second kappa shape index (κ2) is 6.95. The van der Waals surface area contributed by atoms with Crippen molar-refractivity contribution in [2.24, 2.45) is 0 Å². The number of carbonyl (C=O) groups is 1. The quantitative estimate of drug-likeness (QED) is 0.837. The third kappa shape index (κ3) is 5.39. The molecule has 0 aliphatic carbocycles. The molecule has 0 radical (unpaired) electrons. The van der Waals surface area contributed by atoms with E-state index in [4.69, 9.17) is 16.3 Å². The van der Waals surface area contributed by atoms with E-state index in [-0.39, 0.29) is 17.6 Å². The Hall–Kier alpha value is -1.26. The first-order chi connectivity index (χ1) is 9.23. The van der Waals surface area contributed by atoms with Crippen molar-refractivity contribution in [2.45, 2.75) is 45.8 Å². The van der Waals surface area contributed by atoms with Crippen LogP contribution in [0, 0.1) is 0 Å². The van der Waals surface area contributed by atoms with E-state index in [0.29, 0.717) is 10.7 Å². The first kappa shape index (κ1) is 16.8. The van der Waals surface area contributed by atoms with E-state index in [1.54, 1.807) is 13.2 Å². The van der Waals surface area contributed by atoms with Crippen LogP contribution in [0.2, 0.25) is 5.02 Å². The van der Waals surface area contributed by atoms with E-state index in [1.165, 1.54) is 6.92 Å². The zero-order valence-electron chi connectivity index (χ0n) is 12.7. The molecule has 0 heterocycles. The third-order valence-electron chi connectivity index (χ3n) is 3.04. The Morgan fingerprint density at radius 3 is 2.60 bits per heavy atom. The molecule has 0 fully saturated rings. The molecule has 0 aromatic heterocycles. The fraction of sp³-hybridized carbons (Fsp3) is 0.533. The summed E-state index contributed by atoms with van der Waals surface area (Å²) in [6.45, 7) is 7.66. The molecule has 1 rings (SSSR count). The third-order valence-corrected chi connectivity index (χ3v) is 3.36. The van der Waals surface area contributed by atoms with E-state index < -0.39 is 0 Å². The highest BCUT2D eigenvalue weighted by Crippen LogP contribution is 2.27. The van der Waals surface area contributed by atoms with E-state index in [2.05, 4.69) is 31.4 Å². The minimum Gasteiger partial charge on any atom is -0.382 e. The summed E-state index contributed by atoms with van der Waals surface area (Å²) in [6.07, 6.45) is 0.870. The number of carbonyl (C=O) groups excluding carboxylic acids is 1. The van der Waals surface area contributed by atoms with Crippen LogP contribution in [-0.4, -0.2) is 24.7 Å². The number of methoxy groups -OCH3 is 1. The Labute approximate surface area is 125 Å². The molecule has 2 N–H and O–H groups in total. The normalized spacial score (nSPS) is 12.9. The zero-order valence-corrected chi connectivity index (χ0v) is 13.5. The van der Waals surface area contributed by atoms with Crippen LogP contribution in [0.25, 0.3) is 0 Å². The molecule has 1 aromatic carbocycles. The molecule has 0 saturated heterocycles. The Morgan fingerprint density at radius 2 is 2.10 bits per heavy atom. The second-order valence-corrected chi connectivity index (χ2v) is 6.00. The molecule has 1 aromatic rings. The van der Waals surface area contributed by atoms with Crippen LogP contribution in [0.3, 0.4) is 0 Å². The van der Waals surface area contributed by atoms with E-state index >= 15 is 0 Å². The van der Waals surface area contributed by atoms with Crippen molar-refractivity contribution >= 4 is 28.9 Å². The van der Waals surface area contributed by atoms with Crippen molar-refractivity contribution in [3.05, 3.63) is 23.2 Å². The molecule has 1 amide bonds. The summed E-state index contributed by atoms with van der Waals surface area (Å²) in [5.41, 5.74) is 1.37. The molecule has 0 spiro atoms. The Bertz CT molecular complexity index is 475. The first-order valence-electron chi connectivity index (χ1n) is 6.62. The molecule has 0 aliphatic rings. The van der Waals surface area contributed by atoms with Gasteiger partial charge in [0.05, 0.1) is 16.3 Å². The van der Waals surface area contributed by atoms with Crippen molar-refractivity contribution < 1.29 is 9.53 Å². The number of nitrogens with one attached hydrogen (secondary N) is 2. The summed E-state index contributed by atoms with van der Waals surface area (Å²) in [5.74, 6) is -0.136. The number of hydrogen-bond acceptors (Lipinski definition) is 3. The number of hydrogen-bond donors (Lipinski definition) is 2. The summed E-state index contributed by atoms with van der Waals surface area (Å²) in [7, 11) is 1.71. The van der Waals surface area contributed by atoms with Gasteiger partial charge >= 0.3 is 0 Å². The maximum absolute atomic E-state index is 11.0. The highest BCUT2D eigenvalue weighted by atomic mass is 35.5. The molecule has 20 heavy (non-hydrogen) atoms. The summed E-state index contributed by atoms with van der Waals surface area (Å²) in [5, 5.41) is 6.58. The van der Waals surface area contributed by atoms with Crippen LogP contribution in [0.1, 0.15) is 34.1 Å². The molecule has 1 atom stereocenters. The van der Waals surface area contributed by atoms with Gasteiger partial charge < -0.3 is 15.4 Å². The molecule has 1 unspecified atom stereocenters. The first-order valence-corrected chi connectivity index (χ1v) is 7.00. The summed E-state index contributed by atoms with van der Waals surface area (Å²) < 4.78 is 5.42. The minimum atomic E-state index is -0.174. The van der Waals surface area contributed by atoms with Gasteiger partial charge in [-0.15, -0.1) is 0 Å². The largest absolute Gasteiger partial charge is 0.382 e. The van der Waals surface area contributed by atoms with Crippen molar-refractivity contribution in [3.8, 4) is 0 Å². The fourth-order valence-corrected chi connectivity index (χ4v) is 2.28. The van der Waals surface area contributed by atoms with Crippen LogP contribution in [0.5, 0.6) is 0 Å². The lowest BCUT2D eigenvalue weighted by atomic mass is 9.99. The van der Waals surface area contributed by atoms with Gasteiger partial charge in [-0.25, -0.2) is 0 Å². The Balaban J connectivity index is 2.69. The molecule has 4 nitrogen and oxygen atoms in total. The van der Waals surface area contributed by atoms with Crippen molar-refractivity contribution in [1.29, 1.82) is 0 Å². The highest BCUT2D eigenvalue weighted by molar-refractivity contribution is 6.34. The van der Waals surface area contributed by atoms with Crippen LogP contribution in [0.15, 0.2) is 18.2 Å². The Morgan fingerprint density at radius 1 is 1.45 bits per heavy atom. The molecule has 5 heteroatoms. The lowest BCUT2D eigenvalue weighted by Crippen LogP contribution is -2.31. The second-order valence-electron chi connectivity index (χ2n) is 5.59. The topological polar surface area (TPSA) is 50.4 Å². The lowest BCUT2D eigenvalue weighted by Gasteiger charge is -2.27. The maximum atomic E-state index is 11.0. The molecular formula is C15H23ClN2O2. The van der Waals surface area contributed by atoms with Crippen LogP contribution in [-0.2, 0) is 9.53 Å². The van der Waals surface area contributed by atoms with Crippen LogP contribution in [0.4, 0.5) is 11.4 Å². The lowest BCUT2D eigenvalue weighted by molar-refractivity contribution is -0.114. The van der Waals surface area contributed by atoms with Crippen molar-refractivity contribution in [2.75, 3.05) is 17.7 Å². The van der Waals surface area contributed by atoms with E-state index in [1.807, 2.05) is 12.1 Å². The average molecular weight is 299 g/mol. The van der Waals surface area contributed by atoms with Crippen LogP contribution < -0.4 is 10.6 Å². The SMILES string of the molecule is COC(C)(C)CC(C)Nc1ccc(NC(C)=O)c(Cl)c1. The number of rotatable bonds is 6. The average Bonchev–Trinajstić information content (AvgIpc) is 2.31. The number of anilines is 2. The van der Waals surface area contributed by atoms with Crippen molar-refractivity contribution in [1.82, 2.24) is 0 Å². The van der Waals surface area contributed by atoms with Gasteiger partial charge in [0.15, 0.2) is 0 Å². The van der Waals surface area contributed by atoms with Gasteiger partial charge in [0.2, 0.25) is 5.91 Å². The minimum absolute atomic E-state index is 0.136.